The van der Waals surface area contributed by atoms with Crippen LogP contribution in [-0.2, 0) is 31.6 Å². The fourth-order valence-electron chi connectivity index (χ4n) is 2.18. The summed E-state index contributed by atoms with van der Waals surface area (Å²) in [4.78, 5) is 60.6. The van der Waals surface area contributed by atoms with Gasteiger partial charge in [-0.25, -0.2) is 18.5 Å². The van der Waals surface area contributed by atoms with E-state index < -0.39 is 59.8 Å². The summed E-state index contributed by atoms with van der Waals surface area (Å²) >= 11 is 1.66. The molecule has 1 aliphatic heterocycles. The number of rotatable bonds is 8. The Hall–Kier alpha value is 0.740. The molecule has 0 amide bonds. The summed E-state index contributed by atoms with van der Waals surface area (Å²) in [5.41, 5.74) is -1.46. The molecule has 6 N–H and O–H groups in total. The Kier molecular flexibility index (Phi) is 10.3. The van der Waals surface area contributed by atoms with E-state index in [1.165, 1.54) is 6.20 Å². The minimum atomic E-state index is -5.67. The smallest absolute Gasteiger partial charge is 0.390 e. The number of aromatic nitrogens is 2. The number of aromatic amines is 1. The molecule has 2 rings (SSSR count). The van der Waals surface area contributed by atoms with Crippen LogP contribution in [0.4, 0.5) is 0 Å². The molecule has 16 nitrogen and oxygen atoms in total. The molecule has 2 heterocycles. The van der Waals surface area contributed by atoms with E-state index in [-0.39, 0.29) is 39.5 Å². The number of phosphoric acid groups is 3. The molecule has 0 aromatic carbocycles. The van der Waals surface area contributed by atoms with E-state index in [0.717, 1.165) is 4.57 Å². The number of aliphatic hydroxyl groups is 1. The van der Waals surface area contributed by atoms with Gasteiger partial charge >= 0.3 is 29.2 Å². The van der Waals surface area contributed by atoms with Crippen molar-refractivity contribution in [2.75, 3.05) is 6.61 Å². The van der Waals surface area contributed by atoms with E-state index in [2.05, 4.69) is 13.1 Å². The van der Waals surface area contributed by atoms with Crippen LogP contribution in [0, 0.1) is 3.57 Å². The number of ether oxygens (including phenoxy) is 1. The minimum absolute atomic E-state index is 0. The Morgan fingerprint density at radius 2 is 1.77 bits per heavy atom. The van der Waals surface area contributed by atoms with E-state index in [1.807, 2.05) is 4.98 Å². The number of halogens is 1. The van der Waals surface area contributed by atoms with Crippen molar-refractivity contribution in [3.63, 3.8) is 0 Å². The monoisotopic (exact) mass is 617 g/mol. The first-order valence-corrected chi connectivity index (χ1v) is 12.8. The maximum Gasteiger partial charge on any atom is 0.490 e. The molecule has 0 spiro atoms. The zero-order valence-corrected chi connectivity index (χ0v) is 21.6. The zero-order valence-electron chi connectivity index (χ0n) is 14.8. The third-order valence-corrected chi connectivity index (χ3v) is 7.83. The molecule has 5 unspecified atom stereocenters. The largest absolute Gasteiger partial charge is 0.490 e. The summed E-state index contributed by atoms with van der Waals surface area (Å²) in [7, 11) is -16.6. The third-order valence-electron chi connectivity index (χ3n) is 3.26. The van der Waals surface area contributed by atoms with Gasteiger partial charge in [0.2, 0.25) is 0 Å². The van der Waals surface area contributed by atoms with Gasteiger partial charge in [-0.1, -0.05) is 0 Å². The van der Waals surface area contributed by atoms with Gasteiger partial charge in [0.1, 0.15) is 12.3 Å². The van der Waals surface area contributed by atoms with Crippen LogP contribution in [0.2, 0.25) is 0 Å². The first-order chi connectivity index (χ1) is 13.1. The van der Waals surface area contributed by atoms with Crippen molar-refractivity contribution in [1.82, 2.24) is 9.55 Å². The van der Waals surface area contributed by atoms with Crippen LogP contribution in [0.25, 0.3) is 0 Å². The number of nitrogens with one attached hydrogen (secondary N) is 1. The van der Waals surface area contributed by atoms with Crippen molar-refractivity contribution in [3.8, 4) is 0 Å². The van der Waals surface area contributed by atoms with E-state index in [4.69, 9.17) is 19.4 Å². The van der Waals surface area contributed by atoms with Crippen molar-refractivity contribution < 1.29 is 56.3 Å². The van der Waals surface area contributed by atoms with Crippen LogP contribution < -0.4 is 11.2 Å². The normalized spacial score (nSPS) is 25.9. The summed E-state index contributed by atoms with van der Waals surface area (Å²) in [6, 6.07) is 0. The number of hydrogen-bond acceptors (Lipinski definition) is 10. The number of nitrogens with zero attached hydrogens (tertiary/aromatic N) is 1. The Labute approximate surface area is 202 Å². The SMILES string of the molecule is O=c1[nH]c(=O)n(C2CC(O)C(COP(=O)(O)OP(=O)(O)OP(=O)(O)O)O2)cc1I.[Na]. The van der Waals surface area contributed by atoms with Gasteiger partial charge in [0.15, 0.2) is 0 Å². The van der Waals surface area contributed by atoms with E-state index in [1.54, 1.807) is 22.6 Å². The number of phosphoric ester groups is 1. The molecule has 0 aliphatic carbocycles. The van der Waals surface area contributed by atoms with E-state index in [0.29, 0.717) is 0 Å². The predicted molar refractivity (Wildman–Crippen MR) is 104 cm³/mol. The van der Waals surface area contributed by atoms with Crippen LogP contribution in [0.1, 0.15) is 12.6 Å². The molecule has 5 atom stereocenters. The topological polar surface area (TPSA) is 244 Å². The molecule has 0 bridgehead atoms. The molecular formula is C9H14IN2NaO14P3. The summed E-state index contributed by atoms with van der Waals surface area (Å²) in [6.45, 7) is -0.878. The fourth-order valence-corrected chi connectivity index (χ4v) is 5.65. The Morgan fingerprint density at radius 3 is 2.33 bits per heavy atom. The molecule has 1 aliphatic rings. The molecule has 1 aromatic heterocycles. The maximum absolute atomic E-state index is 11.9. The van der Waals surface area contributed by atoms with Crippen molar-refractivity contribution in [2.24, 2.45) is 0 Å². The number of H-pyrrole nitrogens is 1. The van der Waals surface area contributed by atoms with Crippen molar-refractivity contribution in [3.05, 3.63) is 30.6 Å². The van der Waals surface area contributed by atoms with E-state index >= 15 is 0 Å². The molecular weight excluding hydrogens is 603 g/mol. The molecule has 1 saturated heterocycles. The second kappa shape index (κ2) is 10.8. The summed E-state index contributed by atoms with van der Waals surface area (Å²) in [5, 5.41) is 9.98. The predicted octanol–water partition coefficient (Wildman–Crippen LogP) is -1.25. The Balaban J connectivity index is 0.00000450. The minimum Gasteiger partial charge on any atom is -0.390 e. The first kappa shape index (κ1) is 28.8. The van der Waals surface area contributed by atoms with Crippen LogP contribution in [-0.4, -0.2) is 82.6 Å². The van der Waals surface area contributed by atoms with Gasteiger partial charge in [0.05, 0.1) is 16.3 Å². The zero-order chi connectivity index (χ0) is 22.2. The Morgan fingerprint density at radius 1 is 1.17 bits per heavy atom. The maximum atomic E-state index is 11.9. The fraction of sp³-hybridized carbons (Fsp3) is 0.556. The van der Waals surface area contributed by atoms with Gasteiger partial charge < -0.3 is 29.4 Å². The summed E-state index contributed by atoms with van der Waals surface area (Å²) in [6.07, 6.45) is -2.70. The van der Waals surface area contributed by atoms with Gasteiger partial charge in [-0.15, -0.1) is 0 Å². The molecule has 0 saturated carbocycles. The standard InChI is InChI=1S/C9H14IN2O14P3.Na/c10-4-2-12(9(15)11-8(4)14)7-1-5(13)6(24-7)3-23-28(19,20)26-29(21,22)25-27(16,17)18;/h2,5-7,13H,1,3H2,(H,19,20)(H,21,22)(H,11,14,15)(H2,16,17,18);. The van der Waals surface area contributed by atoms with Crippen LogP contribution in [0.15, 0.2) is 15.8 Å². The van der Waals surface area contributed by atoms with Gasteiger partial charge in [-0.05, 0) is 22.6 Å². The number of aliphatic hydroxyl groups excluding tert-OH is 1. The molecule has 1 fully saturated rings. The summed E-state index contributed by atoms with van der Waals surface area (Å²) < 4.78 is 51.4. The van der Waals surface area contributed by atoms with Gasteiger partial charge in [0, 0.05) is 42.2 Å². The van der Waals surface area contributed by atoms with Crippen molar-refractivity contribution >= 4 is 75.6 Å². The van der Waals surface area contributed by atoms with Crippen molar-refractivity contribution in [1.29, 1.82) is 0 Å². The first-order valence-electron chi connectivity index (χ1n) is 7.21. The molecule has 1 aromatic rings. The van der Waals surface area contributed by atoms with Gasteiger partial charge in [-0.2, -0.15) is 8.62 Å². The second-order valence-electron chi connectivity index (χ2n) is 5.46. The number of hydrogen-bond donors (Lipinski definition) is 6. The average Bonchev–Trinajstić information content (AvgIpc) is 2.86. The average molecular weight is 617 g/mol. The van der Waals surface area contributed by atoms with Gasteiger partial charge in [-0.3, -0.25) is 18.9 Å². The molecule has 21 heteroatoms. The summed E-state index contributed by atoms with van der Waals surface area (Å²) in [5.74, 6) is 0. The second-order valence-corrected chi connectivity index (χ2v) is 11.0. The molecule has 30 heavy (non-hydrogen) atoms. The quantitative estimate of drug-likeness (QED) is 0.114. The van der Waals surface area contributed by atoms with Crippen LogP contribution in [0.5, 0.6) is 0 Å². The third kappa shape index (κ3) is 8.59. The molecule has 1 radical (unpaired) electrons. The van der Waals surface area contributed by atoms with Crippen molar-refractivity contribution in [2.45, 2.75) is 24.9 Å². The van der Waals surface area contributed by atoms with Gasteiger partial charge in [0.25, 0.3) is 5.56 Å². The van der Waals surface area contributed by atoms with Crippen LogP contribution in [0.3, 0.4) is 0 Å². The Bertz CT molecular complexity index is 1020. The van der Waals surface area contributed by atoms with Crippen LogP contribution >= 0.6 is 46.1 Å². The van der Waals surface area contributed by atoms with E-state index in [9.17, 15) is 33.3 Å². The molecule has 167 valence electrons.